The number of aromatic nitrogens is 3. The molecule has 10 heteroatoms. The van der Waals surface area contributed by atoms with Crippen LogP contribution in [0.1, 0.15) is 54.7 Å². The third-order valence-electron chi connectivity index (χ3n) is 7.08. The van der Waals surface area contributed by atoms with Crippen molar-refractivity contribution < 1.29 is 13.5 Å². The second-order valence-electron chi connectivity index (χ2n) is 9.73. The first-order valence-electron chi connectivity index (χ1n) is 12.8. The van der Waals surface area contributed by atoms with E-state index in [-0.39, 0.29) is 4.90 Å². The zero-order valence-electron chi connectivity index (χ0n) is 21.7. The molecule has 1 N–H and O–H groups in total. The smallest absolute Gasteiger partial charge is 0.277 e. The Morgan fingerprint density at radius 1 is 1.10 bits per heavy atom. The summed E-state index contributed by atoms with van der Waals surface area (Å²) >= 11 is 0. The predicted molar refractivity (Wildman–Crippen MR) is 146 cm³/mol. The number of hydrogen-bond acceptors (Lipinski definition) is 8. The highest BCUT2D eigenvalue weighted by Gasteiger charge is 2.33. The van der Waals surface area contributed by atoms with Gasteiger partial charge in [0.1, 0.15) is 11.9 Å². The molecule has 1 atom stereocenters. The van der Waals surface area contributed by atoms with Crippen LogP contribution in [0, 0.1) is 28.6 Å². The number of pyridine rings is 1. The molecular formula is C30H25N5O4S. The summed E-state index contributed by atoms with van der Waals surface area (Å²) in [5.74, 6) is -0.209. The summed E-state index contributed by atoms with van der Waals surface area (Å²) in [4.78, 5) is 21.2. The van der Waals surface area contributed by atoms with E-state index >= 15 is 0 Å². The summed E-state index contributed by atoms with van der Waals surface area (Å²) in [6, 6.07) is 17.8. The van der Waals surface area contributed by atoms with Crippen LogP contribution >= 0.6 is 0 Å². The second-order valence-corrected chi connectivity index (χ2v) is 11.6. The van der Waals surface area contributed by atoms with Gasteiger partial charge in [0.2, 0.25) is 15.7 Å². The molecule has 1 fully saturated rings. The molecule has 1 aliphatic rings. The molecule has 0 amide bonds. The van der Waals surface area contributed by atoms with Gasteiger partial charge in [-0.1, -0.05) is 31.2 Å². The molecule has 0 saturated heterocycles. The maximum absolute atomic E-state index is 14.0. The number of benzene rings is 2. The number of nitriles is 2. The Hall–Kier alpha value is -4.80. The summed E-state index contributed by atoms with van der Waals surface area (Å²) in [6.07, 6.45) is 5.75. The zero-order valence-corrected chi connectivity index (χ0v) is 22.5. The first-order chi connectivity index (χ1) is 19.3. The van der Waals surface area contributed by atoms with Crippen molar-refractivity contribution in [1.82, 2.24) is 14.5 Å². The van der Waals surface area contributed by atoms with Crippen molar-refractivity contribution in [3.63, 3.8) is 0 Å². The Morgan fingerprint density at radius 2 is 1.85 bits per heavy atom. The zero-order chi connectivity index (χ0) is 28.4. The monoisotopic (exact) mass is 551 g/mol. The molecule has 9 nitrogen and oxygen atoms in total. The lowest BCUT2D eigenvalue weighted by molar-refractivity contribution is 0.406. The third kappa shape index (κ3) is 4.97. The molecule has 40 heavy (non-hydrogen) atoms. The molecule has 2 heterocycles. The minimum Gasteiger partial charge on any atom is -0.492 e. The van der Waals surface area contributed by atoms with Gasteiger partial charge in [-0.2, -0.15) is 15.5 Å². The van der Waals surface area contributed by atoms with Crippen LogP contribution in [0.15, 0.2) is 81.6 Å². The quantitative estimate of drug-likeness (QED) is 0.335. The van der Waals surface area contributed by atoms with E-state index in [1.54, 1.807) is 30.3 Å². The fourth-order valence-corrected chi connectivity index (χ4v) is 6.22. The van der Waals surface area contributed by atoms with Crippen LogP contribution in [-0.4, -0.2) is 28.1 Å². The minimum atomic E-state index is -4.48. The van der Waals surface area contributed by atoms with E-state index in [0.29, 0.717) is 52.4 Å². The van der Waals surface area contributed by atoms with E-state index in [1.165, 1.54) is 41.2 Å². The topological polar surface area (TPSA) is 150 Å². The summed E-state index contributed by atoms with van der Waals surface area (Å²) in [5, 5.41) is 29.6. The van der Waals surface area contributed by atoms with Crippen molar-refractivity contribution >= 4 is 9.84 Å². The Labute approximate surface area is 231 Å². The SMILES string of the molecule is CC[C@@H](c1cccc(C#N)c1)n1c(CC2CC2)nc(O)c(S(=O)(=O)c2ccc(-c3ccncc3C#N)cc2)c1=O. The van der Waals surface area contributed by atoms with Crippen LogP contribution in [-0.2, 0) is 16.3 Å². The van der Waals surface area contributed by atoms with Gasteiger partial charge >= 0.3 is 0 Å². The van der Waals surface area contributed by atoms with E-state index in [4.69, 9.17) is 0 Å². The Kier molecular flexibility index (Phi) is 7.20. The van der Waals surface area contributed by atoms with Crippen LogP contribution in [0.2, 0.25) is 0 Å². The number of hydrogen-bond donors (Lipinski definition) is 1. The first kappa shape index (κ1) is 26.8. The van der Waals surface area contributed by atoms with Gasteiger partial charge in [-0.3, -0.25) is 14.3 Å². The van der Waals surface area contributed by atoms with Crippen LogP contribution < -0.4 is 5.56 Å². The van der Waals surface area contributed by atoms with Crippen LogP contribution in [0.4, 0.5) is 0 Å². The average Bonchev–Trinajstić information content (AvgIpc) is 3.79. The highest BCUT2D eigenvalue weighted by atomic mass is 32.2. The molecule has 0 bridgehead atoms. The fourth-order valence-electron chi connectivity index (χ4n) is 4.88. The fraction of sp³-hybridized carbons (Fsp3) is 0.233. The molecule has 4 aromatic rings. The Bertz CT molecular complexity index is 1850. The Balaban J connectivity index is 1.64. The maximum atomic E-state index is 14.0. The van der Waals surface area contributed by atoms with E-state index in [9.17, 15) is 28.8 Å². The molecule has 1 aliphatic carbocycles. The van der Waals surface area contributed by atoms with E-state index in [1.807, 2.05) is 6.92 Å². The van der Waals surface area contributed by atoms with Gasteiger partial charge in [0.05, 0.1) is 28.1 Å². The molecule has 0 radical (unpaired) electrons. The van der Waals surface area contributed by atoms with Gasteiger partial charge in [0.25, 0.3) is 5.56 Å². The molecule has 0 aliphatic heterocycles. The maximum Gasteiger partial charge on any atom is 0.277 e. The van der Waals surface area contributed by atoms with Gasteiger partial charge in [-0.05, 0) is 66.6 Å². The van der Waals surface area contributed by atoms with Gasteiger partial charge in [-0.25, -0.2) is 8.42 Å². The van der Waals surface area contributed by atoms with Gasteiger partial charge in [-0.15, -0.1) is 0 Å². The van der Waals surface area contributed by atoms with Crippen molar-refractivity contribution in [3.05, 3.63) is 99.9 Å². The van der Waals surface area contributed by atoms with Crippen LogP contribution in [0.25, 0.3) is 11.1 Å². The summed E-state index contributed by atoms with van der Waals surface area (Å²) in [6.45, 7) is 1.87. The molecule has 5 rings (SSSR count). The van der Waals surface area contributed by atoms with Crippen molar-refractivity contribution in [2.45, 2.75) is 48.4 Å². The second kappa shape index (κ2) is 10.8. The van der Waals surface area contributed by atoms with Crippen molar-refractivity contribution in [2.75, 3.05) is 0 Å². The van der Waals surface area contributed by atoms with Crippen LogP contribution in [0.5, 0.6) is 5.88 Å². The largest absolute Gasteiger partial charge is 0.492 e. The Morgan fingerprint density at radius 3 is 2.50 bits per heavy atom. The van der Waals surface area contributed by atoms with Gasteiger partial charge in [0, 0.05) is 24.4 Å². The van der Waals surface area contributed by atoms with E-state index < -0.39 is 32.2 Å². The van der Waals surface area contributed by atoms with Crippen molar-refractivity contribution in [3.8, 4) is 29.1 Å². The number of aromatic hydroxyl groups is 1. The summed E-state index contributed by atoms with van der Waals surface area (Å²) in [5.41, 5.74) is 1.75. The lowest BCUT2D eigenvalue weighted by atomic mass is 10.0. The molecule has 1 saturated carbocycles. The number of rotatable bonds is 8. The lowest BCUT2D eigenvalue weighted by Gasteiger charge is -2.23. The molecular weight excluding hydrogens is 526 g/mol. The third-order valence-corrected chi connectivity index (χ3v) is 8.87. The highest BCUT2D eigenvalue weighted by Crippen LogP contribution is 2.35. The standard InChI is InChI=1S/C30H25N5O4S/c1-2-26(22-5-3-4-20(14-22)16-31)35-27(15-19-6-7-19)34-29(36)28(30(35)37)40(38,39)24-10-8-21(9-11-24)25-12-13-33-18-23(25)17-32/h3-5,8-14,18-19,26,36H,2,6-7,15H2,1H3/t26-/m0/s1. The van der Waals surface area contributed by atoms with Crippen LogP contribution in [0.3, 0.4) is 0 Å². The highest BCUT2D eigenvalue weighted by molar-refractivity contribution is 7.91. The van der Waals surface area contributed by atoms with E-state index in [0.717, 1.165) is 12.8 Å². The number of sulfone groups is 1. The molecule has 0 spiro atoms. The van der Waals surface area contributed by atoms with Crippen molar-refractivity contribution in [2.24, 2.45) is 5.92 Å². The summed E-state index contributed by atoms with van der Waals surface area (Å²) in [7, 11) is -4.48. The van der Waals surface area contributed by atoms with Crippen molar-refractivity contribution in [1.29, 1.82) is 10.5 Å². The lowest BCUT2D eigenvalue weighted by Crippen LogP contribution is -2.33. The minimum absolute atomic E-state index is 0.195. The van der Waals surface area contributed by atoms with Gasteiger partial charge in [0.15, 0.2) is 4.90 Å². The molecule has 0 unspecified atom stereocenters. The molecule has 200 valence electrons. The first-order valence-corrected chi connectivity index (χ1v) is 14.3. The number of nitrogens with zero attached hydrogens (tertiary/aromatic N) is 5. The average molecular weight is 552 g/mol. The molecule has 2 aromatic carbocycles. The molecule has 2 aromatic heterocycles. The summed E-state index contributed by atoms with van der Waals surface area (Å²) < 4.78 is 28.9. The van der Waals surface area contributed by atoms with E-state index in [2.05, 4.69) is 22.1 Å². The van der Waals surface area contributed by atoms with Gasteiger partial charge < -0.3 is 5.11 Å². The predicted octanol–water partition coefficient (Wildman–Crippen LogP) is 4.54. The normalized spacial score (nSPS) is 13.8.